The summed E-state index contributed by atoms with van der Waals surface area (Å²) in [4.78, 5) is 28.9. The number of rotatable bonds is 17. The van der Waals surface area contributed by atoms with Gasteiger partial charge in [0.15, 0.2) is 9.92 Å². The lowest BCUT2D eigenvalue weighted by Crippen LogP contribution is -2.38. The van der Waals surface area contributed by atoms with Crippen LogP contribution in [0.3, 0.4) is 0 Å². The molecule has 0 saturated heterocycles. The highest BCUT2D eigenvalue weighted by atomic mass is 35.5. The number of anilines is 1. The van der Waals surface area contributed by atoms with Gasteiger partial charge in [0.2, 0.25) is 5.91 Å². The number of methoxy groups -OCH3 is 1. The fourth-order valence-electron chi connectivity index (χ4n) is 5.85. The molecular weight excluding hydrogens is 662 g/mol. The van der Waals surface area contributed by atoms with Crippen LogP contribution in [0.15, 0.2) is 71.0 Å². The van der Waals surface area contributed by atoms with Crippen LogP contribution in [0.2, 0.25) is 5.02 Å². The molecule has 270 valence electrons. The van der Waals surface area contributed by atoms with Crippen LogP contribution in [0.25, 0.3) is 0 Å². The van der Waals surface area contributed by atoms with Crippen LogP contribution in [0.4, 0.5) is 5.69 Å². The van der Waals surface area contributed by atoms with Gasteiger partial charge in [-0.05, 0) is 74.1 Å². The van der Waals surface area contributed by atoms with Crippen molar-refractivity contribution in [1.29, 1.82) is 0 Å². The molecule has 2 aromatic rings. The summed E-state index contributed by atoms with van der Waals surface area (Å²) in [6.45, 7) is 20.1. The summed E-state index contributed by atoms with van der Waals surface area (Å²) in [5.74, 6) is -0.941. The number of nitrogens with zero attached hydrogens (tertiary/aromatic N) is 2. The molecule has 1 aliphatic heterocycles. The maximum atomic E-state index is 14.7. The minimum atomic E-state index is -3.79. The minimum Gasteiger partial charge on any atom is -0.491 e. The first-order valence-corrected chi connectivity index (χ1v) is 19.0. The van der Waals surface area contributed by atoms with Gasteiger partial charge >= 0.3 is 0 Å². The van der Waals surface area contributed by atoms with Crippen LogP contribution in [0.5, 0.6) is 5.75 Å². The van der Waals surface area contributed by atoms with Gasteiger partial charge < -0.3 is 19.1 Å². The molecule has 2 amide bonds. The average molecular weight is 716 g/mol. The SMILES string of the molecule is C=CCOC(C)(C)C(=O)N=S(=O)(NC(=O)C(C)C)c1ccc2c(c1)N(CCC(CC)C(C=C)OC)CC(c1ccc(Cl)cc1CCC)CO2. The molecule has 0 spiro atoms. The maximum Gasteiger partial charge on any atom is 0.287 e. The number of hydrogen-bond donors (Lipinski definition) is 1. The standard InChI is InChI=1S/C38H54ClN3O6S/c1-10-14-28-22-30(39)15-17-32(28)29-24-42(20-19-27(12-3)34(13-4)46-9)33-23-31(16-18-35(33)47-25-29)49(45,40-36(43)26(5)6)41-37(44)38(7,8)48-21-11-2/h11,13,15-18,22-23,26-27,29,34H,2,4,10,12,14,19-21,24-25H2,1,3,5-9H3,(H,40,41,43,44,45). The highest BCUT2D eigenvalue weighted by Gasteiger charge is 2.33. The molecule has 49 heavy (non-hydrogen) atoms. The van der Waals surface area contributed by atoms with E-state index in [0.29, 0.717) is 36.2 Å². The average Bonchev–Trinajstić information content (AvgIpc) is 3.24. The molecule has 0 aliphatic carbocycles. The molecule has 4 unspecified atom stereocenters. The van der Waals surface area contributed by atoms with Gasteiger partial charge in [-0.2, -0.15) is 0 Å². The Morgan fingerprint density at radius 3 is 2.55 bits per heavy atom. The smallest absolute Gasteiger partial charge is 0.287 e. The number of fused-ring (bicyclic) bond motifs is 1. The van der Waals surface area contributed by atoms with E-state index in [1.807, 2.05) is 18.2 Å². The van der Waals surface area contributed by atoms with Crippen molar-refractivity contribution in [3.63, 3.8) is 0 Å². The fourth-order valence-corrected chi connectivity index (χ4v) is 7.80. The van der Waals surface area contributed by atoms with E-state index in [1.165, 1.54) is 17.2 Å². The summed E-state index contributed by atoms with van der Waals surface area (Å²) in [6.07, 6.45) is 6.79. The van der Waals surface area contributed by atoms with Crippen molar-refractivity contribution < 1.29 is 28.0 Å². The van der Waals surface area contributed by atoms with E-state index >= 15 is 0 Å². The van der Waals surface area contributed by atoms with Crippen molar-refractivity contribution in [3.05, 3.63) is 77.9 Å². The largest absolute Gasteiger partial charge is 0.491 e. The lowest BCUT2D eigenvalue weighted by Gasteiger charge is -2.31. The third-order valence-electron chi connectivity index (χ3n) is 8.85. The van der Waals surface area contributed by atoms with Gasteiger partial charge in [0.1, 0.15) is 11.4 Å². The second kappa shape index (κ2) is 18.2. The zero-order chi connectivity index (χ0) is 36.4. The van der Waals surface area contributed by atoms with Crippen LogP contribution in [0, 0.1) is 11.8 Å². The van der Waals surface area contributed by atoms with Gasteiger partial charge in [-0.3, -0.25) is 14.3 Å². The number of aryl methyl sites for hydroxylation is 1. The van der Waals surface area contributed by atoms with E-state index in [9.17, 15) is 13.8 Å². The molecule has 3 rings (SSSR count). The number of ether oxygens (including phenoxy) is 3. The first-order chi connectivity index (χ1) is 23.2. The third-order valence-corrected chi connectivity index (χ3v) is 10.9. The van der Waals surface area contributed by atoms with Crippen LogP contribution in [-0.4, -0.2) is 61.1 Å². The minimum absolute atomic E-state index is 0.00597. The van der Waals surface area contributed by atoms with Gasteiger partial charge in [0.25, 0.3) is 5.91 Å². The van der Waals surface area contributed by atoms with Crippen molar-refractivity contribution in [2.75, 3.05) is 38.3 Å². The highest BCUT2D eigenvalue weighted by Crippen LogP contribution is 2.39. The molecule has 2 aromatic carbocycles. The normalized spacial score (nSPS) is 17.2. The number of benzene rings is 2. The second-order valence-corrected chi connectivity index (χ2v) is 15.6. The molecule has 1 aliphatic rings. The maximum absolute atomic E-state index is 14.7. The van der Waals surface area contributed by atoms with E-state index in [2.05, 4.69) is 47.1 Å². The Morgan fingerprint density at radius 1 is 1.20 bits per heavy atom. The predicted molar refractivity (Wildman–Crippen MR) is 199 cm³/mol. The third kappa shape index (κ3) is 10.4. The first kappa shape index (κ1) is 40.3. The topological polar surface area (TPSA) is 107 Å². The molecule has 0 bridgehead atoms. The summed E-state index contributed by atoms with van der Waals surface area (Å²) in [5, 5.41) is 0.696. The molecular formula is C38H54ClN3O6S. The van der Waals surface area contributed by atoms with Crippen molar-refractivity contribution in [2.24, 2.45) is 16.2 Å². The van der Waals surface area contributed by atoms with Crippen molar-refractivity contribution >= 4 is 39.0 Å². The van der Waals surface area contributed by atoms with E-state index < -0.39 is 33.2 Å². The summed E-state index contributed by atoms with van der Waals surface area (Å²) >= 11 is 6.42. The van der Waals surface area contributed by atoms with E-state index in [-0.39, 0.29) is 29.4 Å². The molecule has 11 heteroatoms. The Bertz CT molecular complexity index is 1600. The van der Waals surface area contributed by atoms with Crippen molar-refractivity contribution in [2.45, 2.75) is 89.7 Å². The molecule has 0 radical (unpaired) electrons. The van der Waals surface area contributed by atoms with Gasteiger partial charge in [-0.1, -0.05) is 70.4 Å². The summed E-state index contributed by atoms with van der Waals surface area (Å²) in [6, 6.07) is 11.1. The molecule has 0 fully saturated rings. The quantitative estimate of drug-likeness (QED) is 0.166. The Morgan fingerprint density at radius 2 is 1.94 bits per heavy atom. The number of nitrogens with one attached hydrogen (secondary N) is 1. The number of halogens is 1. The molecule has 0 aromatic heterocycles. The van der Waals surface area contributed by atoms with Gasteiger partial charge in [-0.15, -0.1) is 17.5 Å². The Balaban J connectivity index is 2.18. The van der Waals surface area contributed by atoms with Crippen LogP contribution >= 0.6 is 11.6 Å². The molecule has 0 saturated carbocycles. The zero-order valence-corrected chi connectivity index (χ0v) is 31.7. The van der Waals surface area contributed by atoms with Crippen molar-refractivity contribution in [1.82, 2.24) is 4.72 Å². The first-order valence-electron chi connectivity index (χ1n) is 17.1. The van der Waals surface area contributed by atoms with Crippen molar-refractivity contribution in [3.8, 4) is 5.75 Å². The summed E-state index contributed by atoms with van der Waals surface area (Å²) < 4.78 is 39.3. The molecule has 9 nitrogen and oxygen atoms in total. The van der Waals surface area contributed by atoms with Gasteiger partial charge in [0, 0.05) is 37.1 Å². The molecule has 1 heterocycles. The zero-order valence-electron chi connectivity index (χ0n) is 30.1. The number of amides is 2. The van der Waals surface area contributed by atoms with E-state index in [1.54, 1.807) is 53.0 Å². The monoisotopic (exact) mass is 715 g/mol. The van der Waals surface area contributed by atoms with E-state index in [4.69, 9.17) is 25.8 Å². The van der Waals surface area contributed by atoms with Crippen LogP contribution in [0.1, 0.15) is 77.8 Å². The summed E-state index contributed by atoms with van der Waals surface area (Å²) in [7, 11) is -2.10. The second-order valence-electron chi connectivity index (χ2n) is 13.2. The molecule has 1 N–H and O–H groups in total. The molecule has 4 atom stereocenters. The van der Waals surface area contributed by atoms with Gasteiger partial charge in [0.05, 0.1) is 29.9 Å². The highest BCUT2D eigenvalue weighted by molar-refractivity contribution is 7.92. The predicted octanol–water partition coefficient (Wildman–Crippen LogP) is 7.91. The van der Waals surface area contributed by atoms with Crippen LogP contribution < -0.4 is 14.4 Å². The van der Waals surface area contributed by atoms with E-state index in [0.717, 1.165) is 25.7 Å². The lowest BCUT2D eigenvalue weighted by atomic mass is 9.91. The van der Waals surface area contributed by atoms with Crippen LogP contribution in [-0.2, 0) is 35.4 Å². The Hall–Kier alpha value is -3.18. The number of hydrogen-bond acceptors (Lipinski definition) is 7. The number of carbonyl (C=O) groups excluding carboxylic acids is 2. The van der Waals surface area contributed by atoms with Gasteiger partial charge in [-0.25, -0.2) is 4.21 Å². The Labute approximate surface area is 298 Å². The summed E-state index contributed by atoms with van der Waals surface area (Å²) in [5.41, 5.74) is 1.66. The number of carbonyl (C=O) groups is 2. The Kier molecular flexibility index (Phi) is 14.9. The lowest BCUT2D eigenvalue weighted by molar-refractivity contribution is -0.137. The fraction of sp³-hybridized carbons (Fsp3) is 0.526.